The van der Waals surface area contributed by atoms with E-state index in [0.717, 1.165) is 42.1 Å². The van der Waals surface area contributed by atoms with E-state index in [1.165, 1.54) is 6.42 Å². The average Bonchev–Trinajstić information content (AvgIpc) is 2.90. The van der Waals surface area contributed by atoms with Crippen LogP contribution in [-0.2, 0) is 11.8 Å². The maximum Gasteiger partial charge on any atom is 0.262 e. The van der Waals surface area contributed by atoms with Crippen molar-refractivity contribution in [2.75, 3.05) is 0 Å². The van der Waals surface area contributed by atoms with Crippen molar-refractivity contribution in [3.05, 3.63) is 41.6 Å². The van der Waals surface area contributed by atoms with Crippen molar-refractivity contribution in [3.8, 4) is 6.07 Å². The molecule has 1 aliphatic carbocycles. The third-order valence-corrected chi connectivity index (χ3v) is 4.53. The van der Waals surface area contributed by atoms with Gasteiger partial charge < -0.3 is 9.88 Å². The number of amides is 1. The molecular formula is C19H21N3O. The molecule has 0 atom stereocenters. The van der Waals surface area contributed by atoms with Gasteiger partial charge in [0.15, 0.2) is 0 Å². The first-order valence-electron chi connectivity index (χ1n) is 8.16. The van der Waals surface area contributed by atoms with E-state index >= 15 is 0 Å². The van der Waals surface area contributed by atoms with Gasteiger partial charge in [0, 0.05) is 35.8 Å². The molecule has 2 aromatic rings. The van der Waals surface area contributed by atoms with Gasteiger partial charge in [-0.05, 0) is 25.0 Å². The van der Waals surface area contributed by atoms with Crippen molar-refractivity contribution in [2.45, 2.75) is 38.1 Å². The third-order valence-electron chi connectivity index (χ3n) is 4.53. The van der Waals surface area contributed by atoms with Gasteiger partial charge in [0.1, 0.15) is 11.6 Å². The summed E-state index contributed by atoms with van der Waals surface area (Å²) in [6, 6.07) is 10.2. The first-order chi connectivity index (χ1) is 11.2. The number of para-hydroxylation sites is 1. The van der Waals surface area contributed by atoms with Crippen LogP contribution < -0.4 is 5.32 Å². The molecule has 4 heteroatoms. The molecule has 23 heavy (non-hydrogen) atoms. The van der Waals surface area contributed by atoms with Crippen molar-refractivity contribution < 1.29 is 4.79 Å². The largest absolute Gasteiger partial charge is 0.350 e. The zero-order valence-corrected chi connectivity index (χ0v) is 13.4. The normalized spacial score (nSPS) is 16.3. The molecule has 0 radical (unpaired) electrons. The van der Waals surface area contributed by atoms with E-state index in [0.29, 0.717) is 0 Å². The minimum atomic E-state index is -0.257. The second kappa shape index (κ2) is 6.70. The zero-order valence-electron chi connectivity index (χ0n) is 13.4. The molecule has 1 heterocycles. The molecule has 0 bridgehead atoms. The molecule has 0 saturated heterocycles. The van der Waals surface area contributed by atoms with Crippen molar-refractivity contribution in [2.24, 2.45) is 7.05 Å². The van der Waals surface area contributed by atoms with Crippen LogP contribution in [0.15, 0.2) is 36.0 Å². The Kier molecular flexibility index (Phi) is 4.47. The van der Waals surface area contributed by atoms with Crippen LogP contribution >= 0.6 is 0 Å². The fourth-order valence-corrected chi connectivity index (χ4v) is 3.30. The van der Waals surface area contributed by atoms with Crippen LogP contribution in [-0.4, -0.2) is 16.5 Å². The number of nitrogens with zero attached hydrogens (tertiary/aromatic N) is 2. The Hall–Kier alpha value is -2.54. The second-order valence-electron chi connectivity index (χ2n) is 6.19. The van der Waals surface area contributed by atoms with Gasteiger partial charge in [-0.3, -0.25) is 4.79 Å². The Morgan fingerprint density at radius 3 is 2.78 bits per heavy atom. The lowest BCUT2D eigenvalue weighted by Gasteiger charge is -2.22. The summed E-state index contributed by atoms with van der Waals surface area (Å²) in [5, 5.41) is 13.4. The van der Waals surface area contributed by atoms with E-state index in [4.69, 9.17) is 0 Å². The number of carbonyl (C=O) groups is 1. The summed E-state index contributed by atoms with van der Waals surface area (Å²) in [5.41, 5.74) is 2.16. The average molecular weight is 307 g/mol. The number of rotatable bonds is 3. The van der Waals surface area contributed by atoms with E-state index in [2.05, 4.69) is 11.4 Å². The van der Waals surface area contributed by atoms with Crippen LogP contribution in [0.25, 0.3) is 17.0 Å². The summed E-state index contributed by atoms with van der Waals surface area (Å²) < 4.78 is 2.01. The van der Waals surface area contributed by atoms with E-state index < -0.39 is 0 Å². The highest BCUT2D eigenvalue weighted by Crippen LogP contribution is 2.23. The van der Waals surface area contributed by atoms with Crippen LogP contribution in [0.1, 0.15) is 37.7 Å². The quantitative estimate of drug-likeness (QED) is 0.696. The van der Waals surface area contributed by atoms with Crippen molar-refractivity contribution in [1.82, 2.24) is 9.88 Å². The Morgan fingerprint density at radius 2 is 2.04 bits per heavy atom. The molecule has 1 fully saturated rings. The molecule has 1 N–H and O–H groups in total. The topological polar surface area (TPSA) is 57.8 Å². The Morgan fingerprint density at radius 1 is 1.30 bits per heavy atom. The zero-order chi connectivity index (χ0) is 16.2. The van der Waals surface area contributed by atoms with Crippen molar-refractivity contribution >= 4 is 22.9 Å². The molecular weight excluding hydrogens is 286 g/mol. The molecule has 3 rings (SSSR count). The number of aromatic nitrogens is 1. The molecule has 0 aliphatic heterocycles. The standard InChI is InChI=1S/C19H21N3O/c1-22-13-15(17-9-5-6-10-18(17)22)11-14(12-20)19(23)21-16-7-3-2-4-8-16/h5-6,9-11,13,16H,2-4,7-8H2,1H3,(H,21,23)/b14-11+. The van der Waals surface area contributed by atoms with E-state index in [1.807, 2.05) is 42.1 Å². The molecule has 0 unspecified atom stereocenters. The maximum absolute atomic E-state index is 12.4. The molecule has 1 amide bonds. The van der Waals surface area contributed by atoms with Gasteiger partial charge in [0.05, 0.1) is 0 Å². The summed E-state index contributed by atoms with van der Waals surface area (Å²) in [5.74, 6) is -0.257. The Labute approximate surface area is 136 Å². The first-order valence-corrected chi connectivity index (χ1v) is 8.16. The van der Waals surface area contributed by atoms with Crippen LogP contribution in [0.4, 0.5) is 0 Å². The number of carbonyl (C=O) groups excluding carboxylic acids is 1. The number of hydrogen-bond donors (Lipinski definition) is 1. The molecule has 0 spiro atoms. The van der Waals surface area contributed by atoms with Crippen LogP contribution in [0.3, 0.4) is 0 Å². The Bertz CT molecular complexity index is 789. The molecule has 1 aliphatic rings. The highest BCUT2D eigenvalue weighted by Gasteiger charge is 2.18. The lowest BCUT2D eigenvalue weighted by Crippen LogP contribution is -2.36. The van der Waals surface area contributed by atoms with Crippen molar-refractivity contribution in [1.29, 1.82) is 5.26 Å². The molecule has 1 aromatic carbocycles. The highest BCUT2D eigenvalue weighted by molar-refractivity contribution is 6.04. The highest BCUT2D eigenvalue weighted by atomic mass is 16.1. The summed E-state index contributed by atoms with van der Waals surface area (Å²) in [4.78, 5) is 12.4. The van der Waals surface area contributed by atoms with Gasteiger partial charge in [-0.2, -0.15) is 5.26 Å². The monoisotopic (exact) mass is 307 g/mol. The number of hydrogen-bond acceptors (Lipinski definition) is 2. The fourth-order valence-electron chi connectivity index (χ4n) is 3.30. The summed E-state index contributed by atoms with van der Waals surface area (Å²) in [6.45, 7) is 0. The van der Waals surface area contributed by atoms with E-state index in [-0.39, 0.29) is 17.5 Å². The number of fused-ring (bicyclic) bond motifs is 1. The number of benzene rings is 1. The van der Waals surface area contributed by atoms with E-state index in [1.54, 1.807) is 6.08 Å². The number of nitrogens with one attached hydrogen (secondary N) is 1. The van der Waals surface area contributed by atoms with Crippen LogP contribution in [0.5, 0.6) is 0 Å². The van der Waals surface area contributed by atoms with Crippen LogP contribution in [0.2, 0.25) is 0 Å². The third kappa shape index (κ3) is 3.29. The summed E-state index contributed by atoms with van der Waals surface area (Å²) in [7, 11) is 1.97. The second-order valence-corrected chi connectivity index (χ2v) is 6.19. The van der Waals surface area contributed by atoms with Gasteiger partial charge in [-0.1, -0.05) is 37.5 Å². The molecule has 118 valence electrons. The van der Waals surface area contributed by atoms with Gasteiger partial charge in [-0.15, -0.1) is 0 Å². The minimum absolute atomic E-state index is 0.173. The number of nitriles is 1. The molecule has 1 saturated carbocycles. The minimum Gasteiger partial charge on any atom is -0.350 e. The molecule has 1 aromatic heterocycles. The maximum atomic E-state index is 12.4. The smallest absolute Gasteiger partial charge is 0.262 e. The lowest BCUT2D eigenvalue weighted by atomic mass is 9.95. The van der Waals surface area contributed by atoms with Gasteiger partial charge in [-0.25, -0.2) is 0 Å². The number of aryl methyl sites for hydroxylation is 1. The van der Waals surface area contributed by atoms with Crippen molar-refractivity contribution in [3.63, 3.8) is 0 Å². The van der Waals surface area contributed by atoms with Gasteiger partial charge >= 0.3 is 0 Å². The fraction of sp³-hybridized carbons (Fsp3) is 0.368. The Balaban J connectivity index is 1.85. The SMILES string of the molecule is Cn1cc(/C=C(\C#N)C(=O)NC2CCCCC2)c2ccccc21. The predicted octanol–water partition coefficient (Wildman–Crippen LogP) is 3.53. The lowest BCUT2D eigenvalue weighted by molar-refractivity contribution is -0.117. The summed E-state index contributed by atoms with van der Waals surface area (Å²) >= 11 is 0. The molecule has 4 nitrogen and oxygen atoms in total. The predicted molar refractivity (Wildman–Crippen MR) is 91.5 cm³/mol. The summed E-state index contributed by atoms with van der Waals surface area (Å²) in [6.07, 6.45) is 9.22. The first kappa shape index (κ1) is 15.4. The van der Waals surface area contributed by atoms with Gasteiger partial charge in [0.25, 0.3) is 5.91 Å². The van der Waals surface area contributed by atoms with Gasteiger partial charge in [0.2, 0.25) is 0 Å². The van der Waals surface area contributed by atoms with Crippen LogP contribution in [0, 0.1) is 11.3 Å². The van der Waals surface area contributed by atoms with E-state index in [9.17, 15) is 10.1 Å².